The smallest absolute Gasteiger partial charge is 0.392 e. The first-order chi connectivity index (χ1) is 10.9. The van der Waals surface area contributed by atoms with E-state index in [0.29, 0.717) is 5.56 Å². The Balaban J connectivity index is 2.23. The van der Waals surface area contributed by atoms with E-state index in [9.17, 15) is 4.79 Å². The van der Waals surface area contributed by atoms with E-state index in [4.69, 9.17) is 8.85 Å². The van der Waals surface area contributed by atoms with Gasteiger partial charge in [0.05, 0.1) is 0 Å². The van der Waals surface area contributed by atoms with Crippen LogP contribution < -0.4 is 4.43 Å². The van der Waals surface area contributed by atoms with Gasteiger partial charge in [-0.05, 0) is 50.7 Å². The molecule has 0 saturated heterocycles. The van der Waals surface area contributed by atoms with Gasteiger partial charge in [-0.3, -0.25) is 4.79 Å². The van der Waals surface area contributed by atoms with E-state index < -0.39 is 8.56 Å². The zero-order chi connectivity index (χ0) is 17.1. The van der Waals surface area contributed by atoms with Crippen molar-refractivity contribution in [2.24, 2.45) is 0 Å². The van der Waals surface area contributed by atoms with E-state index in [2.05, 4.69) is 20.0 Å². The summed E-state index contributed by atoms with van der Waals surface area (Å²) < 4.78 is 12.0. The van der Waals surface area contributed by atoms with Crippen LogP contribution in [0.4, 0.5) is 0 Å². The average Bonchev–Trinajstić information content (AvgIpc) is 2.50. The minimum atomic E-state index is -2.15. The van der Waals surface area contributed by atoms with Crippen molar-refractivity contribution in [2.75, 3.05) is 6.61 Å². The van der Waals surface area contributed by atoms with Gasteiger partial charge in [-0.25, -0.2) is 0 Å². The van der Waals surface area contributed by atoms with Gasteiger partial charge in [0.15, 0.2) is 5.78 Å². The van der Waals surface area contributed by atoms with Gasteiger partial charge >= 0.3 is 8.56 Å². The molecule has 4 heteroatoms. The van der Waals surface area contributed by atoms with Gasteiger partial charge in [0.1, 0.15) is 5.75 Å². The lowest BCUT2D eigenvalue weighted by Crippen LogP contribution is -2.38. The number of hydrogen-bond donors (Lipinski definition) is 0. The van der Waals surface area contributed by atoms with Gasteiger partial charge in [0.2, 0.25) is 0 Å². The monoisotopic (exact) mass is 336 g/mol. The molecule has 0 spiro atoms. The summed E-state index contributed by atoms with van der Waals surface area (Å²) in [4.78, 5) is 11.3. The van der Waals surface area contributed by atoms with Crippen LogP contribution in [0.3, 0.4) is 0 Å². The van der Waals surface area contributed by atoms with E-state index in [-0.39, 0.29) is 5.78 Å². The predicted octanol–water partition coefficient (Wildman–Crippen LogP) is 5.74. The van der Waals surface area contributed by atoms with E-state index in [0.717, 1.165) is 18.8 Å². The van der Waals surface area contributed by atoms with Crippen molar-refractivity contribution < 1.29 is 13.6 Å². The molecule has 1 aromatic rings. The molecule has 0 saturated carbocycles. The van der Waals surface area contributed by atoms with Crippen molar-refractivity contribution in [3.63, 3.8) is 0 Å². The second-order valence-corrected chi connectivity index (χ2v) is 9.84. The molecule has 0 unspecified atom stereocenters. The number of carbonyl (C=O) groups excluding carboxylic acids is 1. The van der Waals surface area contributed by atoms with Crippen LogP contribution >= 0.6 is 0 Å². The molecule has 3 nitrogen and oxygen atoms in total. The second-order valence-electron chi connectivity index (χ2n) is 6.55. The Morgan fingerprint density at radius 3 is 2.09 bits per heavy atom. The number of ketones is 1. The van der Waals surface area contributed by atoms with Gasteiger partial charge < -0.3 is 8.85 Å². The van der Waals surface area contributed by atoms with Crippen molar-refractivity contribution in [3.05, 3.63) is 29.8 Å². The van der Waals surface area contributed by atoms with Crippen LogP contribution in [0.15, 0.2) is 24.3 Å². The Kier molecular flexibility index (Phi) is 9.18. The molecular formula is C19H32O3Si. The molecule has 0 aliphatic heterocycles. The molecular weight excluding hydrogens is 304 g/mol. The topological polar surface area (TPSA) is 35.5 Å². The molecule has 1 aromatic carbocycles. The van der Waals surface area contributed by atoms with Crippen LogP contribution in [0.2, 0.25) is 13.1 Å². The number of benzene rings is 1. The fraction of sp³-hybridized carbons (Fsp3) is 0.632. The average molecular weight is 337 g/mol. The van der Waals surface area contributed by atoms with Gasteiger partial charge in [0.25, 0.3) is 0 Å². The lowest BCUT2D eigenvalue weighted by Gasteiger charge is -2.24. The van der Waals surface area contributed by atoms with Gasteiger partial charge in [-0.15, -0.1) is 0 Å². The highest BCUT2D eigenvalue weighted by molar-refractivity contribution is 6.65. The minimum Gasteiger partial charge on any atom is -0.520 e. The third-order valence-electron chi connectivity index (χ3n) is 3.82. The third-order valence-corrected chi connectivity index (χ3v) is 5.45. The summed E-state index contributed by atoms with van der Waals surface area (Å²) in [5.41, 5.74) is 0.709. The van der Waals surface area contributed by atoms with Crippen molar-refractivity contribution in [1.29, 1.82) is 0 Å². The number of unbranched alkanes of at least 4 members (excludes halogenated alkanes) is 6. The Morgan fingerprint density at radius 2 is 1.52 bits per heavy atom. The first kappa shape index (κ1) is 19.9. The summed E-state index contributed by atoms with van der Waals surface area (Å²) in [6, 6.07) is 7.31. The van der Waals surface area contributed by atoms with Crippen LogP contribution in [-0.4, -0.2) is 21.0 Å². The van der Waals surface area contributed by atoms with Crippen LogP contribution in [0, 0.1) is 0 Å². The quantitative estimate of drug-likeness (QED) is 0.277. The maximum absolute atomic E-state index is 11.3. The van der Waals surface area contributed by atoms with E-state index in [1.54, 1.807) is 19.1 Å². The third kappa shape index (κ3) is 8.91. The summed E-state index contributed by atoms with van der Waals surface area (Å²) in [5.74, 6) is 0.856. The molecule has 0 bridgehead atoms. The Morgan fingerprint density at radius 1 is 0.957 bits per heavy atom. The van der Waals surface area contributed by atoms with Crippen LogP contribution in [-0.2, 0) is 4.43 Å². The van der Waals surface area contributed by atoms with Crippen LogP contribution in [0.1, 0.15) is 69.2 Å². The number of carbonyl (C=O) groups is 1. The van der Waals surface area contributed by atoms with Gasteiger partial charge in [0, 0.05) is 12.2 Å². The SMILES string of the molecule is CCCCCCCCCO[Si](C)(C)Oc1ccc(C(C)=O)cc1. The maximum atomic E-state index is 11.3. The van der Waals surface area contributed by atoms with Crippen molar-refractivity contribution >= 4 is 14.3 Å². The molecule has 0 N–H and O–H groups in total. The molecule has 0 aliphatic rings. The van der Waals surface area contributed by atoms with Crippen LogP contribution in [0.5, 0.6) is 5.75 Å². The normalized spacial score (nSPS) is 11.5. The highest BCUT2D eigenvalue weighted by atomic mass is 28.4. The highest BCUT2D eigenvalue weighted by Crippen LogP contribution is 2.18. The zero-order valence-corrected chi connectivity index (χ0v) is 16.2. The van der Waals surface area contributed by atoms with Gasteiger partial charge in [-0.1, -0.05) is 45.4 Å². The highest BCUT2D eigenvalue weighted by Gasteiger charge is 2.26. The molecule has 0 heterocycles. The van der Waals surface area contributed by atoms with Crippen molar-refractivity contribution in [3.8, 4) is 5.75 Å². The summed E-state index contributed by atoms with van der Waals surface area (Å²) in [6.07, 6.45) is 9.00. The lowest BCUT2D eigenvalue weighted by molar-refractivity contribution is 0.101. The van der Waals surface area contributed by atoms with E-state index >= 15 is 0 Å². The predicted molar refractivity (Wildman–Crippen MR) is 98.5 cm³/mol. The summed E-state index contributed by atoms with van der Waals surface area (Å²) in [5, 5.41) is 0. The van der Waals surface area contributed by atoms with Crippen molar-refractivity contribution in [2.45, 2.75) is 71.9 Å². The molecule has 0 radical (unpaired) electrons. The number of rotatable bonds is 12. The molecule has 0 aromatic heterocycles. The van der Waals surface area contributed by atoms with E-state index in [1.807, 2.05) is 12.1 Å². The zero-order valence-electron chi connectivity index (χ0n) is 15.2. The molecule has 130 valence electrons. The Labute approximate surface area is 142 Å². The molecule has 0 atom stereocenters. The minimum absolute atomic E-state index is 0.0724. The summed E-state index contributed by atoms with van der Waals surface area (Å²) in [6.45, 7) is 8.72. The maximum Gasteiger partial charge on any atom is 0.392 e. The van der Waals surface area contributed by atoms with Crippen LogP contribution in [0.25, 0.3) is 0 Å². The summed E-state index contributed by atoms with van der Waals surface area (Å²) in [7, 11) is -2.15. The number of hydrogen-bond acceptors (Lipinski definition) is 3. The molecule has 0 fully saturated rings. The van der Waals surface area contributed by atoms with Crippen molar-refractivity contribution in [1.82, 2.24) is 0 Å². The second kappa shape index (κ2) is 10.6. The standard InChI is InChI=1S/C19H32O3Si/c1-5-6-7-8-9-10-11-16-21-23(3,4)22-19-14-12-18(13-15-19)17(2)20/h12-15H,5-11,16H2,1-4H3. The molecule has 0 aliphatic carbocycles. The lowest BCUT2D eigenvalue weighted by atomic mass is 10.1. The largest absolute Gasteiger partial charge is 0.520 e. The first-order valence-electron chi connectivity index (χ1n) is 8.88. The summed E-state index contributed by atoms with van der Waals surface area (Å²) >= 11 is 0. The molecule has 0 amide bonds. The fourth-order valence-corrected chi connectivity index (χ4v) is 3.85. The molecule has 1 rings (SSSR count). The number of Topliss-reactive ketones (excluding diaryl/α,β-unsaturated/α-hetero) is 1. The van der Waals surface area contributed by atoms with E-state index in [1.165, 1.54) is 38.5 Å². The first-order valence-corrected chi connectivity index (χ1v) is 11.7. The molecule has 23 heavy (non-hydrogen) atoms. The Hall–Kier alpha value is -1.13. The fourth-order valence-electron chi connectivity index (χ4n) is 2.45. The van der Waals surface area contributed by atoms with Gasteiger partial charge in [-0.2, -0.15) is 0 Å². The Bertz CT molecular complexity index is 454.